The Hall–Kier alpha value is -4.36. The SMILES string of the molecule is CCCCc1ccc2[nH]cc(CCN=C(c3ccc(Cl)cc3)c3c(O)n(-c4ccc(C)cc4)c(=O)[nH]c3=O)c2c1. The lowest BCUT2D eigenvalue weighted by atomic mass is 10.0. The van der Waals surface area contributed by atoms with Crippen molar-refractivity contribution >= 4 is 28.2 Å². The van der Waals surface area contributed by atoms with E-state index in [9.17, 15) is 14.7 Å². The smallest absolute Gasteiger partial charge is 0.335 e. The van der Waals surface area contributed by atoms with Crippen LogP contribution in [0.2, 0.25) is 5.02 Å². The van der Waals surface area contributed by atoms with Crippen molar-refractivity contribution in [2.45, 2.75) is 39.5 Å². The number of aromatic hydroxyl groups is 1. The first-order valence-corrected chi connectivity index (χ1v) is 13.8. The summed E-state index contributed by atoms with van der Waals surface area (Å²) in [6, 6.07) is 20.5. The number of halogens is 1. The number of benzene rings is 3. The second-order valence-electron chi connectivity index (χ2n) is 9.91. The van der Waals surface area contributed by atoms with Crippen LogP contribution in [0, 0.1) is 6.92 Å². The lowest BCUT2D eigenvalue weighted by molar-refractivity contribution is 0.430. The molecule has 0 atom stereocenters. The average molecular weight is 555 g/mol. The van der Waals surface area contributed by atoms with Gasteiger partial charge in [-0.25, -0.2) is 9.36 Å². The van der Waals surface area contributed by atoms with Crippen molar-refractivity contribution in [3.63, 3.8) is 0 Å². The van der Waals surface area contributed by atoms with Crippen LogP contribution in [0.5, 0.6) is 5.88 Å². The number of aromatic nitrogens is 3. The van der Waals surface area contributed by atoms with E-state index in [4.69, 9.17) is 16.6 Å². The summed E-state index contributed by atoms with van der Waals surface area (Å²) >= 11 is 6.13. The molecule has 3 aromatic carbocycles. The van der Waals surface area contributed by atoms with E-state index in [-0.39, 0.29) is 11.3 Å². The quantitative estimate of drug-likeness (QED) is 0.192. The number of fused-ring (bicyclic) bond motifs is 1. The fraction of sp³-hybridized carbons (Fsp3) is 0.219. The van der Waals surface area contributed by atoms with Gasteiger partial charge in [0.15, 0.2) is 0 Å². The van der Waals surface area contributed by atoms with Gasteiger partial charge in [-0.15, -0.1) is 0 Å². The molecule has 0 saturated heterocycles. The van der Waals surface area contributed by atoms with Gasteiger partial charge in [0.05, 0.1) is 11.4 Å². The van der Waals surface area contributed by atoms with E-state index >= 15 is 0 Å². The number of hydrogen-bond acceptors (Lipinski definition) is 4. The molecule has 8 heteroatoms. The first-order chi connectivity index (χ1) is 19.4. The average Bonchev–Trinajstić information content (AvgIpc) is 3.34. The lowest BCUT2D eigenvalue weighted by Crippen LogP contribution is -2.33. The van der Waals surface area contributed by atoms with Crippen LogP contribution in [0.15, 0.2) is 87.5 Å². The van der Waals surface area contributed by atoms with E-state index in [1.54, 1.807) is 36.4 Å². The first-order valence-electron chi connectivity index (χ1n) is 13.4. The van der Waals surface area contributed by atoms with E-state index in [0.29, 0.717) is 29.2 Å². The molecule has 0 spiro atoms. The van der Waals surface area contributed by atoms with Crippen LogP contribution in [0.1, 0.15) is 47.6 Å². The maximum Gasteiger partial charge on any atom is 0.335 e. The molecule has 0 aliphatic heterocycles. The number of unbranched alkanes of at least 4 members (excludes halogenated alkanes) is 1. The fourth-order valence-corrected chi connectivity index (χ4v) is 4.98. The molecule has 2 aromatic heterocycles. The molecule has 7 nitrogen and oxygen atoms in total. The summed E-state index contributed by atoms with van der Waals surface area (Å²) in [6.07, 6.45) is 5.93. The summed E-state index contributed by atoms with van der Waals surface area (Å²) in [4.78, 5) is 36.4. The maximum absolute atomic E-state index is 13.1. The normalized spacial score (nSPS) is 11.8. The molecule has 5 aromatic rings. The Kier molecular flexibility index (Phi) is 8.03. The second-order valence-corrected chi connectivity index (χ2v) is 10.3. The van der Waals surface area contributed by atoms with Crippen LogP contribution in [-0.4, -0.2) is 31.9 Å². The Morgan fingerprint density at radius 2 is 1.75 bits per heavy atom. The van der Waals surface area contributed by atoms with Gasteiger partial charge in [-0.05, 0) is 73.7 Å². The van der Waals surface area contributed by atoms with E-state index in [0.717, 1.165) is 45.9 Å². The summed E-state index contributed by atoms with van der Waals surface area (Å²) in [5.74, 6) is -0.473. The molecular weight excluding hydrogens is 524 g/mol. The Labute approximate surface area is 236 Å². The molecule has 204 valence electrons. The number of H-pyrrole nitrogens is 2. The lowest BCUT2D eigenvalue weighted by Gasteiger charge is -2.14. The second kappa shape index (κ2) is 11.8. The third-order valence-electron chi connectivity index (χ3n) is 7.03. The summed E-state index contributed by atoms with van der Waals surface area (Å²) < 4.78 is 1.08. The van der Waals surface area contributed by atoms with E-state index in [1.807, 2.05) is 25.3 Å². The topological polar surface area (TPSA) is 103 Å². The van der Waals surface area contributed by atoms with Crippen LogP contribution < -0.4 is 11.2 Å². The van der Waals surface area contributed by atoms with E-state index < -0.39 is 17.1 Å². The standard InChI is InChI=1S/C32H31ClN4O3/c1-3-4-5-21-8-15-27-26(18-21)23(19-35-27)16-17-34-29(22-9-11-24(33)12-10-22)28-30(38)36-32(40)37(31(28)39)25-13-6-20(2)7-14-25/h6-15,18-19,35,39H,3-5,16-17H2,1-2H3,(H,36,38,40). The summed E-state index contributed by atoms with van der Waals surface area (Å²) in [5.41, 5.74) is 4.26. The number of rotatable bonds is 9. The van der Waals surface area contributed by atoms with E-state index in [1.165, 1.54) is 5.56 Å². The number of hydrogen-bond donors (Lipinski definition) is 3. The van der Waals surface area contributed by atoms with Gasteiger partial charge >= 0.3 is 5.69 Å². The van der Waals surface area contributed by atoms with E-state index in [2.05, 4.69) is 35.1 Å². The largest absolute Gasteiger partial charge is 0.493 e. The zero-order valence-electron chi connectivity index (χ0n) is 22.5. The summed E-state index contributed by atoms with van der Waals surface area (Å²) in [5, 5.41) is 13.0. The molecule has 0 radical (unpaired) electrons. The number of aromatic amines is 2. The van der Waals surface area contributed by atoms with Crippen LogP contribution in [0.25, 0.3) is 16.6 Å². The zero-order valence-corrected chi connectivity index (χ0v) is 23.3. The Morgan fingerprint density at radius 3 is 2.48 bits per heavy atom. The van der Waals surface area contributed by atoms with Crippen LogP contribution in [0.3, 0.4) is 0 Å². The van der Waals surface area contributed by atoms with Gasteiger partial charge in [-0.1, -0.05) is 60.8 Å². The number of aliphatic imine (C=N–C) groups is 1. The highest BCUT2D eigenvalue weighted by Gasteiger charge is 2.22. The summed E-state index contributed by atoms with van der Waals surface area (Å²) in [6.45, 7) is 4.47. The number of aryl methyl sites for hydroxylation is 2. The van der Waals surface area contributed by atoms with Gasteiger partial charge in [0.25, 0.3) is 5.56 Å². The minimum Gasteiger partial charge on any atom is -0.493 e. The fourth-order valence-electron chi connectivity index (χ4n) is 4.85. The van der Waals surface area contributed by atoms with Crippen molar-refractivity contribution in [1.29, 1.82) is 0 Å². The molecule has 0 aliphatic carbocycles. The van der Waals surface area contributed by atoms with Crippen LogP contribution in [0.4, 0.5) is 0 Å². The highest BCUT2D eigenvalue weighted by atomic mass is 35.5. The third kappa shape index (κ3) is 5.65. The molecule has 3 N–H and O–H groups in total. The monoisotopic (exact) mass is 554 g/mol. The molecule has 2 heterocycles. The van der Waals surface area contributed by atoms with Crippen molar-refractivity contribution < 1.29 is 5.11 Å². The van der Waals surface area contributed by atoms with Gasteiger partial charge in [0, 0.05) is 34.2 Å². The number of nitrogens with zero attached hydrogens (tertiary/aromatic N) is 2. The predicted octanol–water partition coefficient (Wildman–Crippen LogP) is 6.10. The highest BCUT2D eigenvalue weighted by Crippen LogP contribution is 2.24. The van der Waals surface area contributed by atoms with Crippen molar-refractivity contribution in [3.8, 4) is 11.6 Å². The van der Waals surface area contributed by atoms with Gasteiger partial charge in [-0.3, -0.25) is 14.8 Å². The molecule has 0 saturated carbocycles. The van der Waals surface area contributed by atoms with Crippen LogP contribution in [-0.2, 0) is 12.8 Å². The minimum absolute atomic E-state index is 0.0803. The molecular formula is C32H31ClN4O3. The van der Waals surface area contributed by atoms with Crippen LogP contribution >= 0.6 is 11.6 Å². The van der Waals surface area contributed by atoms with Crippen molar-refractivity contribution in [1.82, 2.24) is 14.5 Å². The molecule has 0 fully saturated rings. The predicted molar refractivity (Wildman–Crippen MR) is 162 cm³/mol. The first kappa shape index (κ1) is 27.2. The third-order valence-corrected chi connectivity index (χ3v) is 7.29. The molecule has 0 aliphatic rings. The maximum atomic E-state index is 13.1. The number of nitrogens with one attached hydrogen (secondary N) is 2. The Balaban J connectivity index is 1.56. The Morgan fingerprint density at radius 1 is 1.00 bits per heavy atom. The van der Waals surface area contributed by atoms with Gasteiger partial charge in [0.1, 0.15) is 5.56 Å². The molecule has 0 amide bonds. The molecule has 0 bridgehead atoms. The van der Waals surface area contributed by atoms with Gasteiger partial charge < -0.3 is 10.1 Å². The molecule has 0 unspecified atom stereocenters. The molecule has 40 heavy (non-hydrogen) atoms. The Bertz CT molecular complexity index is 1800. The van der Waals surface area contributed by atoms with Crippen molar-refractivity contribution in [2.24, 2.45) is 4.99 Å². The zero-order chi connectivity index (χ0) is 28.2. The van der Waals surface area contributed by atoms with Gasteiger partial charge in [-0.2, -0.15) is 0 Å². The van der Waals surface area contributed by atoms with Crippen molar-refractivity contribution in [3.05, 3.63) is 127 Å². The highest BCUT2D eigenvalue weighted by molar-refractivity contribution is 6.30. The van der Waals surface area contributed by atoms with Gasteiger partial charge in [0.2, 0.25) is 5.88 Å². The van der Waals surface area contributed by atoms with Crippen molar-refractivity contribution in [2.75, 3.05) is 6.54 Å². The summed E-state index contributed by atoms with van der Waals surface area (Å²) in [7, 11) is 0. The minimum atomic E-state index is -0.733. The molecule has 5 rings (SSSR count).